The second-order valence-electron chi connectivity index (χ2n) is 5.68. The van der Waals surface area contributed by atoms with Crippen LogP contribution in [0.4, 0.5) is 10.1 Å². The van der Waals surface area contributed by atoms with E-state index in [-0.39, 0.29) is 11.7 Å². The molecule has 3 aromatic rings. The molecule has 1 heterocycles. The molecule has 0 saturated heterocycles. The zero-order valence-corrected chi connectivity index (χ0v) is 14.6. The van der Waals surface area contributed by atoms with E-state index in [2.05, 4.69) is 15.6 Å². The lowest BCUT2D eigenvalue weighted by Gasteiger charge is -2.10. The molecule has 0 fully saturated rings. The Kier molecular flexibility index (Phi) is 5.81. The molecule has 2 N–H and O–H groups in total. The van der Waals surface area contributed by atoms with E-state index in [9.17, 15) is 9.18 Å². The molecule has 0 bridgehead atoms. The lowest BCUT2D eigenvalue weighted by molar-refractivity contribution is 0.0950. The Bertz CT molecular complexity index is 917. The molecule has 0 radical (unpaired) electrons. The van der Waals surface area contributed by atoms with Crippen molar-refractivity contribution in [2.24, 2.45) is 0 Å². The SMILES string of the molecule is O=C(NCc1ccccc1Cl)c1cncc(NCc2ccccc2F)c1. The van der Waals surface area contributed by atoms with Crippen LogP contribution in [0.25, 0.3) is 0 Å². The predicted octanol–water partition coefficient (Wildman–Crippen LogP) is 4.42. The summed E-state index contributed by atoms with van der Waals surface area (Å²) in [5, 5.41) is 6.49. The first-order valence-corrected chi connectivity index (χ1v) is 8.45. The smallest absolute Gasteiger partial charge is 0.253 e. The first kappa shape index (κ1) is 17.9. The maximum atomic E-state index is 13.7. The van der Waals surface area contributed by atoms with Gasteiger partial charge in [-0.05, 0) is 23.8 Å². The summed E-state index contributed by atoms with van der Waals surface area (Å²) in [4.78, 5) is 16.4. The fourth-order valence-corrected chi connectivity index (χ4v) is 2.62. The number of aromatic nitrogens is 1. The number of anilines is 1. The molecule has 4 nitrogen and oxygen atoms in total. The standard InChI is InChI=1S/C20H17ClFN3O/c21-18-7-3-1-5-14(18)11-25-20(26)16-9-17(13-23-10-16)24-12-15-6-2-4-8-19(15)22/h1-10,13,24H,11-12H2,(H,25,26). The van der Waals surface area contributed by atoms with Crippen LogP contribution in [-0.2, 0) is 13.1 Å². The van der Waals surface area contributed by atoms with Crippen LogP contribution in [0.3, 0.4) is 0 Å². The van der Waals surface area contributed by atoms with Gasteiger partial charge in [0.15, 0.2) is 0 Å². The minimum Gasteiger partial charge on any atom is -0.380 e. The zero-order chi connectivity index (χ0) is 18.4. The van der Waals surface area contributed by atoms with Crippen LogP contribution >= 0.6 is 11.6 Å². The molecule has 0 spiro atoms. The van der Waals surface area contributed by atoms with Gasteiger partial charge in [-0.2, -0.15) is 0 Å². The first-order chi connectivity index (χ1) is 12.6. The lowest BCUT2D eigenvalue weighted by atomic mass is 10.2. The number of halogens is 2. The molecular weight excluding hydrogens is 353 g/mol. The number of nitrogens with zero attached hydrogens (tertiary/aromatic N) is 1. The van der Waals surface area contributed by atoms with Gasteiger partial charge in [0.05, 0.1) is 11.3 Å². The summed E-state index contributed by atoms with van der Waals surface area (Å²) in [5.74, 6) is -0.534. The fourth-order valence-electron chi connectivity index (χ4n) is 2.42. The highest BCUT2D eigenvalue weighted by Crippen LogP contribution is 2.15. The number of carbonyl (C=O) groups is 1. The van der Waals surface area contributed by atoms with Crippen molar-refractivity contribution < 1.29 is 9.18 Å². The highest BCUT2D eigenvalue weighted by molar-refractivity contribution is 6.31. The molecule has 26 heavy (non-hydrogen) atoms. The molecule has 0 aliphatic carbocycles. The van der Waals surface area contributed by atoms with Crippen LogP contribution in [0, 0.1) is 5.82 Å². The van der Waals surface area contributed by atoms with Gasteiger partial charge >= 0.3 is 0 Å². The third-order valence-electron chi connectivity index (χ3n) is 3.84. The Morgan fingerprint density at radius 2 is 1.73 bits per heavy atom. The normalized spacial score (nSPS) is 10.4. The number of benzene rings is 2. The summed E-state index contributed by atoms with van der Waals surface area (Å²) in [6.07, 6.45) is 3.07. The Balaban J connectivity index is 1.62. The minimum absolute atomic E-state index is 0.257. The highest BCUT2D eigenvalue weighted by atomic mass is 35.5. The van der Waals surface area contributed by atoms with Gasteiger partial charge in [-0.3, -0.25) is 9.78 Å². The Morgan fingerprint density at radius 3 is 2.50 bits per heavy atom. The first-order valence-electron chi connectivity index (χ1n) is 8.07. The van der Waals surface area contributed by atoms with Gasteiger partial charge in [0.1, 0.15) is 5.82 Å². The van der Waals surface area contributed by atoms with Crippen molar-refractivity contribution in [2.75, 3.05) is 5.32 Å². The zero-order valence-electron chi connectivity index (χ0n) is 13.9. The van der Waals surface area contributed by atoms with Crippen LogP contribution in [0.2, 0.25) is 5.02 Å². The van der Waals surface area contributed by atoms with E-state index in [1.165, 1.54) is 12.3 Å². The van der Waals surface area contributed by atoms with Crippen LogP contribution < -0.4 is 10.6 Å². The Hall–Kier alpha value is -2.92. The summed E-state index contributed by atoms with van der Waals surface area (Å²) in [5.41, 5.74) is 2.43. The van der Waals surface area contributed by atoms with Crippen LogP contribution in [0.5, 0.6) is 0 Å². The number of carbonyl (C=O) groups excluding carboxylic acids is 1. The summed E-state index contributed by atoms with van der Waals surface area (Å²) >= 11 is 6.09. The number of hydrogen-bond acceptors (Lipinski definition) is 3. The van der Waals surface area contributed by atoms with E-state index in [0.29, 0.717) is 34.9 Å². The molecule has 1 aromatic heterocycles. The van der Waals surface area contributed by atoms with Gasteiger partial charge in [0, 0.05) is 36.1 Å². The monoisotopic (exact) mass is 369 g/mol. The van der Waals surface area contributed by atoms with Crippen molar-refractivity contribution in [1.82, 2.24) is 10.3 Å². The van der Waals surface area contributed by atoms with Crippen molar-refractivity contribution in [3.8, 4) is 0 Å². The molecule has 0 saturated carbocycles. The van der Waals surface area contributed by atoms with Gasteiger partial charge in [-0.1, -0.05) is 48.0 Å². The van der Waals surface area contributed by atoms with Crippen LogP contribution in [0.15, 0.2) is 67.0 Å². The number of hydrogen-bond donors (Lipinski definition) is 2. The second-order valence-corrected chi connectivity index (χ2v) is 6.09. The molecule has 2 aromatic carbocycles. The third-order valence-corrected chi connectivity index (χ3v) is 4.21. The molecule has 132 valence electrons. The summed E-state index contributed by atoms with van der Waals surface area (Å²) < 4.78 is 13.7. The maximum absolute atomic E-state index is 13.7. The third kappa shape index (κ3) is 4.58. The average molecular weight is 370 g/mol. The van der Waals surface area contributed by atoms with E-state index in [0.717, 1.165) is 5.56 Å². The van der Waals surface area contributed by atoms with Gasteiger partial charge < -0.3 is 10.6 Å². The molecule has 0 unspecified atom stereocenters. The van der Waals surface area contributed by atoms with Gasteiger partial charge in [0.25, 0.3) is 5.91 Å². The molecule has 0 aliphatic rings. The van der Waals surface area contributed by atoms with Crippen molar-refractivity contribution >= 4 is 23.2 Å². The summed E-state index contributed by atoms with van der Waals surface area (Å²) in [7, 11) is 0. The summed E-state index contributed by atoms with van der Waals surface area (Å²) in [6, 6.07) is 15.5. The van der Waals surface area contributed by atoms with E-state index in [4.69, 9.17) is 11.6 Å². The molecule has 0 atom stereocenters. The van der Waals surface area contributed by atoms with E-state index in [1.807, 2.05) is 18.2 Å². The maximum Gasteiger partial charge on any atom is 0.253 e. The Labute approximate surface area is 156 Å². The second kappa shape index (κ2) is 8.45. The minimum atomic E-state index is -0.276. The predicted molar refractivity (Wildman–Crippen MR) is 101 cm³/mol. The highest BCUT2D eigenvalue weighted by Gasteiger charge is 2.08. The van der Waals surface area contributed by atoms with Crippen LogP contribution in [-0.4, -0.2) is 10.9 Å². The summed E-state index contributed by atoms with van der Waals surface area (Å²) in [6.45, 7) is 0.629. The van der Waals surface area contributed by atoms with Crippen molar-refractivity contribution in [1.29, 1.82) is 0 Å². The lowest BCUT2D eigenvalue weighted by Crippen LogP contribution is -2.23. The van der Waals surface area contributed by atoms with Gasteiger partial charge in [-0.25, -0.2) is 4.39 Å². The molecular formula is C20H17ClFN3O. The van der Waals surface area contributed by atoms with Crippen molar-refractivity contribution in [2.45, 2.75) is 13.1 Å². The van der Waals surface area contributed by atoms with Crippen molar-refractivity contribution in [3.05, 3.63) is 94.5 Å². The molecule has 1 amide bonds. The van der Waals surface area contributed by atoms with Crippen LogP contribution in [0.1, 0.15) is 21.5 Å². The van der Waals surface area contributed by atoms with E-state index >= 15 is 0 Å². The number of amides is 1. The number of nitrogens with one attached hydrogen (secondary N) is 2. The quantitative estimate of drug-likeness (QED) is 0.676. The fraction of sp³-hybridized carbons (Fsp3) is 0.100. The molecule has 0 aliphatic heterocycles. The van der Waals surface area contributed by atoms with E-state index in [1.54, 1.807) is 36.5 Å². The Morgan fingerprint density at radius 1 is 1.00 bits per heavy atom. The molecule has 3 rings (SSSR count). The largest absolute Gasteiger partial charge is 0.380 e. The van der Waals surface area contributed by atoms with Crippen molar-refractivity contribution in [3.63, 3.8) is 0 Å². The topological polar surface area (TPSA) is 54.0 Å². The number of rotatable bonds is 6. The van der Waals surface area contributed by atoms with E-state index < -0.39 is 0 Å². The van der Waals surface area contributed by atoms with Gasteiger partial charge in [-0.15, -0.1) is 0 Å². The molecule has 6 heteroatoms. The van der Waals surface area contributed by atoms with Gasteiger partial charge in [0.2, 0.25) is 0 Å². The average Bonchev–Trinajstić information content (AvgIpc) is 2.67. The number of pyridine rings is 1.